The van der Waals surface area contributed by atoms with E-state index >= 15 is 0 Å². The molecular weight excluding hydrogens is 272 g/mol. The van der Waals surface area contributed by atoms with E-state index in [0.717, 1.165) is 17.9 Å². The van der Waals surface area contributed by atoms with Crippen molar-refractivity contribution in [2.24, 2.45) is 0 Å². The van der Waals surface area contributed by atoms with Gasteiger partial charge in [0.1, 0.15) is 5.82 Å². The van der Waals surface area contributed by atoms with Crippen molar-refractivity contribution in [2.45, 2.75) is 26.8 Å². The minimum atomic E-state index is -0.0553. The molecule has 0 bridgehead atoms. The number of aryl methyl sites for hydroxylation is 1. The van der Waals surface area contributed by atoms with Crippen LogP contribution in [0.15, 0.2) is 24.3 Å². The smallest absolute Gasteiger partial charge is 0.251 e. The molecule has 6 heteroatoms. The molecule has 2 N–H and O–H groups in total. The van der Waals surface area contributed by atoms with Gasteiger partial charge in [0.25, 0.3) is 5.91 Å². The molecule has 0 aliphatic heterocycles. The van der Waals surface area contributed by atoms with E-state index in [0.29, 0.717) is 23.3 Å². The molecule has 0 unspecified atom stereocenters. The third-order valence-electron chi connectivity index (χ3n) is 3.18. The van der Waals surface area contributed by atoms with Gasteiger partial charge < -0.3 is 9.88 Å². The van der Waals surface area contributed by atoms with E-state index in [1.807, 2.05) is 42.7 Å². The van der Waals surface area contributed by atoms with Crippen molar-refractivity contribution in [1.29, 1.82) is 0 Å². The fourth-order valence-corrected chi connectivity index (χ4v) is 2.36. The maximum atomic E-state index is 12.0. The van der Waals surface area contributed by atoms with Crippen molar-refractivity contribution in [3.8, 4) is 0 Å². The van der Waals surface area contributed by atoms with E-state index in [1.165, 1.54) is 0 Å². The zero-order valence-corrected chi connectivity index (χ0v) is 12.5. The van der Waals surface area contributed by atoms with Gasteiger partial charge in [-0.25, -0.2) is 0 Å². The number of carbonyl (C=O) groups excluding carboxylic acids is 1. The lowest BCUT2D eigenvalue weighted by Crippen LogP contribution is -2.27. The largest absolute Gasteiger partial charge is 0.352 e. The summed E-state index contributed by atoms with van der Waals surface area (Å²) in [7, 11) is 0. The summed E-state index contributed by atoms with van der Waals surface area (Å²) in [5.41, 5.74) is 1.68. The van der Waals surface area contributed by atoms with Crippen molar-refractivity contribution in [1.82, 2.24) is 20.1 Å². The normalized spacial score (nSPS) is 10.5. The molecular formula is C14H18N4OS. The third-order valence-corrected chi connectivity index (χ3v) is 3.49. The van der Waals surface area contributed by atoms with Crippen LogP contribution in [0.25, 0.3) is 0 Å². The van der Waals surface area contributed by atoms with E-state index in [-0.39, 0.29) is 5.91 Å². The van der Waals surface area contributed by atoms with Crippen LogP contribution in [0.3, 0.4) is 0 Å². The highest BCUT2D eigenvalue weighted by Crippen LogP contribution is 2.06. The van der Waals surface area contributed by atoms with E-state index in [1.54, 1.807) is 0 Å². The lowest BCUT2D eigenvalue weighted by molar-refractivity contribution is 0.0953. The summed E-state index contributed by atoms with van der Waals surface area (Å²) in [6.07, 6.45) is 0.651. The number of benzene rings is 1. The second-order valence-electron chi connectivity index (χ2n) is 4.51. The van der Waals surface area contributed by atoms with Gasteiger partial charge in [0.05, 0.1) is 0 Å². The Morgan fingerprint density at radius 1 is 1.45 bits per heavy atom. The Balaban J connectivity index is 1.95. The molecule has 0 saturated carbocycles. The van der Waals surface area contributed by atoms with Crippen LogP contribution in [0.2, 0.25) is 0 Å². The molecule has 0 aliphatic carbocycles. The molecule has 1 heterocycles. The molecule has 5 nitrogen and oxygen atoms in total. The maximum absolute atomic E-state index is 12.0. The van der Waals surface area contributed by atoms with Gasteiger partial charge in [-0.05, 0) is 37.7 Å². The van der Waals surface area contributed by atoms with E-state index in [2.05, 4.69) is 15.5 Å². The summed E-state index contributed by atoms with van der Waals surface area (Å²) < 4.78 is 2.54. The summed E-state index contributed by atoms with van der Waals surface area (Å²) in [4.78, 5) is 12.0. The number of rotatable bonds is 5. The lowest BCUT2D eigenvalue weighted by Gasteiger charge is -2.07. The van der Waals surface area contributed by atoms with Gasteiger partial charge in [-0.2, -0.15) is 5.10 Å². The first kappa shape index (κ1) is 14.5. The van der Waals surface area contributed by atoms with E-state index < -0.39 is 0 Å². The Morgan fingerprint density at radius 2 is 2.20 bits per heavy atom. The van der Waals surface area contributed by atoms with Crippen molar-refractivity contribution in [3.05, 3.63) is 46.0 Å². The third kappa shape index (κ3) is 3.14. The zero-order chi connectivity index (χ0) is 14.5. The molecule has 0 saturated heterocycles. The molecule has 0 radical (unpaired) electrons. The molecule has 106 valence electrons. The predicted octanol–water partition coefficient (Wildman–Crippen LogP) is 2.24. The Bertz CT molecular complexity index is 659. The SMILES string of the molecule is CCn1c(CCNC(=O)c2ccccc2C)n[nH]c1=S. The number of hydrogen-bond donors (Lipinski definition) is 2. The van der Waals surface area contributed by atoms with Gasteiger partial charge in [0.2, 0.25) is 0 Å². The second kappa shape index (κ2) is 6.47. The minimum absolute atomic E-state index is 0.0553. The highest BCUT2D eigenvalue weighted by molar-refractivity contribution is 7.71. The number of aromatic nitrogens is 3. The quantitative estimate of drug-likeness (QED) is 0.830. The molecule has 0 spiro atoms. The zero-order valence-electron chi connectivity index (χ0n) is 11.6. The Labute approximate surface area is 123 Å². The summed E-state index contributed by atoms with van der Waals surface area (Å²) in [6.45, 7) is 5.25. The van der Waals surface area contributed by atoms with Crippen molar-refractivity contribution in [2.75, 3.05) is 6.54 Å². The summed E-state index contributed by atoms with van der Waals surface area (Å²) in [6, 6.07) is 7.54. The van der Waals surface area contributed by atoms with Gasteiger partial charge in [-0.1, -0.05) is 18.2 Å². The number of hydrogen-bond acceptors (Lipinski definition) is 3. The fraction of sp³-hybridized carbons (Fsp3) is 0.357. The van der Waals surface area contributed by atoms with Crippen molar-refractivity contribution >= 4 is 18.1 Å². The first-order valence-corrected chi connectivity index (χ1v) is 7.02. The first-order chi connectivity index (χ1) is 9.63. The van der Waals surface area contributed by atoms with Crippen LogP contribution in [0.1, 0.15) is 28.7 Å². The van der Waals surface area contributed by atoms with Crippen LogP contribution >= 0.6 is 12.2 Å². The topological polar surface area (TPSA) is 62.7 Å². The number of nitrogens with zero attached hydrogens (tertiary/aromatic N) is 2. The maximum Gasteiger partial charge on any atom is 0.251 e. The van der Waals surface area contributed by atoms with Crippen LogP contribution in [0.4, 0.5) is 0 Å². The van der Waals surface area contributed by atoms with Crippen LogP contribution in [0, 0.1) is 11.7 Å². The van der Waals surface area contributed by atoms with Gasteiger partial charge in [-0.15, -0.1) is 0 Å². The standard InChI is InChI=1S/C14H18N4OS/c1-3-18-12(16-17-14(18)20)8-9-15-13(19)11-7-5-4-6-10(11)2/h4-7H,3,8-9H2,1-2H3,(H,15,19)(H,17,20). The molecule has 1 aromatic heterocycles. The average Bonchev–Trinajstić information content (AvgIpc) is 2.79. The van der Waals surface area contributed by atoms with Gasteiger partial charge in [-0.3, -0.25) is 9.89 Å². The minimum Gasteiger partial charge on any atom is -0.352 e. The lowest BCUT2D eigenvalue weighted by atomic mass is 10.1. The summed E-state index contributed by atoms with van der Waals surface area (Å²) in [5, 5.41) is 9.85. The molecule has 2 aromatic rings. The average molecular weight is 290 g/mol. The Morgan fingerprint density at radius 3 is 2.90 bits per heavy atom. The number of H-pyrrole nitrogens is 1. The number of carbonyl (C=O) groups is 1. The van der Waals surface area contributed by atoms with Crippen LogP contribution in [0.5, 0.6) is 0 Å². The predicted molar refractivity (Wildman–Crippen MR) is 80.3 cm³/mol. The monoisotopic (exact) mass is 290 g/mol. The van der Waals surface area contributed by atoms with Gasteiger partial charge >= 0.3 is 0 Å². The van der Waals surface area contributed by atoms with Crippen LogP contribution in [-0.2, 0) is 13.0 Å². The number of nitrogens with one attached hydrogen (secondary N) is 2. The second-order valence-corrected chi connectivity index (χ2v) is 4.90. The molecule has 1 aromatic carbocycles. The summed E-state index contributed by atoms with van der Waals surface area (Å²) >= 11 is 5.13. The highest BCUT2D eigenvalue weighted by Gasteiger charge is 2.09. The fourth-order valence-electron chi connectivity index (χ4n) is 2.08. The molecule has 0 fully saturated rings. The van der Waals surface area contributed by atoms with E-state index in [9.17, 15) is 4.79 Å². The molecule has 1 amide bonds. The molecule has 2 rings (SSSR count). The number of amides is 1. The summed E-state index contributed by atoms with van der Waals surface area (Å²) in [5.74, 6) is 0.808. The van der Waals surface area contributed by atoms with E-state index in [4.69, 9.17) is 12.2 Å². The molecule has 0 atom stereocenters. The Hall–Kier alpha value is -1.95. The van der Waals surface area contributed by atoms with Crippen molar-refractivity contribution in [3.63, 3.8) is 0 Å². The van der Waals surface area contributed by atoms with Crippen LogP contribution < -0.4 is 5.32 Å². The Kier molecular flexibility index (Phi) is 4.68. The first-order valence-electron chi connectivity index (χ1n) is 6.61. The van der Waals surface area contributed by atoms with Crippen molar-refractivity contribution < 1.29 is 4.79 Å². The molecule has 20 heavy (non-hydrogen) atoms. The highest BCUT2D eigenvalue weighted by atomic mass is 32.1. The van der Waals surface area contributed by atoms with Gasteiger partial charge in [0.15, 0.2) is 4.77 Å². The molecule has 0 aliphatic rings. The van der Waals surface area contributed by atoms with Crippen LogP contribution in [-0.4, -0.2) is 27.2 Å². The number of aromatic amines is 1. The van der Waals surface area contributed by atoms with Gasteiger partial charge in [0, 0.05) is 25.1 Å².